The van der Waals surface area contributed by atoms with Crippen LogP contribution in [0.2, 0.25) is 0 Å². The van der Waals surface area contributed by atoms with Gasteiger partial charge in [0.2, 0.25) is 0 Å². The van der Waals surface area contributed by atoms with E-state index in [2.05, 4.69) is 86.1 Å². The van der Waals surface area contributed by atoms with Crippen molar-refractivity contribution in [3.8, 4) is 23.7 Å². The van der Waals surface area contributed by atoms with Crippen LogP contribution in [0.3, 0.4) is 0 Å². The predicted octanol–water partition coefficient (Wildman–Crippen LogP) is 23.6. The van der Waals surface area contributed by atoms with Crippen LogP contribution in [0.1, 0.15) is 333 Å². The van der Waals surface area contributed by atoms with Crippen LogP contribution in [0.4, 0.5) is 11.4 Å². The second kappa shape index (κ2) is 57.1. The summed E-state index contributed by atoms with van der Waals surface area (Å²) in [5.74, 6) is 13.8. The number of hydrogen-bond acceptors (Lipinski definition) is 2. The molecule has 0 spiro atoms. The van der Waals surface area contributed by atoms with Crippen LogP contribution < -0.4 is 0 Å². The zero-order valence-electron chi connectivity index (χ0n) is 48.3. The van der Waals surface area contributed by atoms with Crippen LogP contribution in [0, 0.1) is 23.7 Å². The summed E-state index contributed by atoms with van der Waals surface area (Å²) in [7, 11) is 0. The summed E-state index contributed by atoms with van der Waals surface area (Å²) in [4.78, 5) is 9.61. The average Bonchev–Trinajstić information content (AvgIpc) is 3.40. The van der Waals surface area contributed by atoms with Crippen LogP contribution in [0.25, 0.3) is 0 Å². The first-order valence-electron chi connectivity index (χ1n) is 32.0. The molecule has 0 fully saturated rings. The van der Waals surface area contributed by atoms with E-state index in [0.717, 1.165) is 62.7 Å². The van der Waals surface area contributed by atoms with Crippen molar-refractivity contribution in [1.82, 2.24) is 0 Å². The zero-order chi connectivity index (χ0) is 51.0. The minimum Gasteiger partial charge on any atom is -0.255 e. The fraction of sp³-hybridized carbons (Fsp3) is 0.743. The van der Waals surface area contributed by atoms with Crippen molar-refractivity contribution < 1.29 is 16.5 Å². The summed E-state index contributed by atoms with van der Waals surface area (Å²) in [6.45, 7) is 4.61. The summed E-state index contributed by atoms with van der Waals surface area (Å²) in [6, 6.07) is 17.0. The van der Waals surface area contributed by atoms with Gasteiger partial charge in [0.15, 0.2) is 0 Å². The van der Waals surface area contributed by atoms with Gasteiger partial charge < -0.3 is 0 Å². The van der Waals surface area contributed by atoms with Crippen LogP contribution >= 0.6 is 0 Å². The topological polar surface area (TPSA) is 24.7 Å². The predicted molar refractivity (Wildman–Crippen MR) is 325 cm³/mol. The Morgan fingerprint density at radius 3 is 0.726 bits per heavy atom. The van der Waals surface area contributed by atoms with Crippen molar-refractivity contribution >= 4 is 23.8 Å². The van der Waals surface area contributed by atoms with Crippen LogP contribution in [0.15, 0.2) is 58.5 Å². The summed E-state index contributed by atoms with van der Waals surface area (Å²) >= 11 is 0. The van der Waals surface area contributed by atoms with Crippen LogP contribution in [-0.2, 0) is 29.3 Å². The monoisotopic (exact) mass is 1040 g/mol. The van der Waals surface area contributed by atoms with E-state index >= 15 is 0 Å². The van der Waals surface area contributed by atoms with E-state index in [-0.39, 0.29) is 16.5 Å². The number of aliphatic imine (C=N–C) groups is 2. The third-order valence-electron chi connectivity index (χ3n) is 15.0. The molecule has 0 unspecified atom stereocenters. The van der Waals surface area contributed by atoms with E-state index in [0.29, 0.717) is 0 Å². The van der Waals surface area contributed by atoms with Crippen molar-refractivity contribution in [3.63, 3.8) is 0 Å². The van der Waals surface area contributed by atoms with Crippen LogP contribution in [-0.4, -0.2) is 12.4 Å². The number of nitrogens with zero attached hydrogens (tertiary/aromatic N) is 2. The van der Waals surface area contributed by atoms with Crippen molar-refractivity contribution in [3.05, 3.63) is 59.7 Å². The molecule has 0 radical (unpaired) electrons. The fourth-order valence-electron chi connectivity index (χ4n) is 10.3. The van der Waals surface area contributed by atoms with Crippen molar-refractivity contribution in [2.45, 2.75) is 335 Å². The summed E-state index contributed by atoms with van der Waals surface area (Å²) in [6.07, 6.45) is 72.0. The van der Waals surface area contributed by atoms with Gasteiger partial charge in [0.05, 0.1) is 11.4 Å². The molecule has 0 aliphatic heterocycles. The molecule has 0 aliphatic rings. The molecular weight excluding hydrogens is 927 g/mol. The standard InChI is InChI=1S/C70H116N2.Ni/c1-3-5-7-9-11-13-15-17-19-21-23-25-27-29-31-33-35-37-39-41-43-45-47-49-51-53-59-67-61-55-57-63-69(67)71-65-66-72-70-64-58-56-62-68(70)60-54-52-50-48-46-44-42-40-38-36-34-32-30-28-26-24-22-20-18-16-14-12-10-8-6-4-2;/h55-58,61-66H,3-46,51-54,59-60H2,1-2H3;. The molecule has 0 bridgehead atoms. The van der Waals surface area contributed by atoms with Gasteiger partial charge in [0, 0.05) is 54.6 Å². The number of unbranched alkanes of at least 4 members (excludes halogenated alkanes) is 44. The molecule has 2 aromatic carbocycles. The van der Waals surface area contributed by atoms with E-state index < -0.39 is 0 Å². The quantitative estimate of drug-likeness (QED) is 0.0273. The molecule has 0 saturated heterocycles. The zero-order valence-corrected chi connectivity index (χ0v) is 49.3. The van der Waals surface area contributed by atoms with Crippen LogP contribution in [0.5, 0.6) is 0 Å². The Bertz CT molecular complexity index is 1510. The Hall–Kier alpha value is -2.61. The third-order valence-corrected chi connectivity index (χ3v) is 15.0. The number of para-hydroxylation sites is 2. The van der Waals surface area contributed by atoms with E-state index in [1.807, 2.05) is 12.4 Å². The first-order valence-corrected chi connectivity index (χ1v) is 32.0. The molecule has 2 rings (SSSR count). The second-order valence-electron chi connectivity index (χ2n) is 21.9. The summed E-state index contributed by atoms with van der Waals surface area (Å²) in [5, 5.41) is 0. The Kier molecular flexibility index (Phi) is 53.5. The number of aryl methyl sites for hydroxylation is 2. The van der Waals surface area contributed by atoms with Gasteiger partial charge in [-0.3, -0.25) is 9.98 Å². The molecule has 0 saturated carbocycles. The summed E-state index contributed by atoms with van der Waals surface area (Å²) in [5.41, 5.74) is 4.65. The second-order valence-corrected chi connectivity index (χ2v) is 21.9. The van der Waals surface area contributed by atoms with Gasteiger partial charge in [0.25, 0.3) is 0 Å². The maximum absolute atomic E-state index is 4.80. The normalized spacial score (nSPS) is 11.3. The van der Waals surface area contributed by atoms with Gasteiger partial charge in [-0.2, -0.15) is 0 Å². The van der Waals surface area contributed by atoms with Gasteiger partial charge in [-0.25, -0.2) is 0 Å². The molecule has 0 amide bonds. The van der Waals surface area contributed by atoms with Gasteiger partial charge in [-0.05, 0) is 61.8 Å². The van der Waals surface area contributed by atoms with Gasteiger partial charge >= 0.3 is 0 Å². The molecule has 2 nitrogen and oxygen atoms in total. The third kappa shape index (κ3) is 46.4. The molecule has 2 aromatic rings. The van der Waals surface area contributed by atoms with Gasteiger partial charge in [-0.1, -0.05) is 307 Å². The SMILES string of the molecule is CCCCCCCCCCCCCCCCCCCCCCCC#CCCCc1ccccc1N=CC=Nc1ccccc1CCCC#CCCCCCCCCCCCCCCCCCCCCCCC.[Ni]. The average molecular weight is 1040 g/mol. The first-order chi connectivity index (χ1) is 35.8. The van der Waals surface area contributed by atoms with E-state index in [1.165, 1.54) is 281 Å². The Balaban J connectivity index is 0.0000266. The molecule has 0 N–H and O–H groups in total. The Morgan fingerprint density at radius 1 is 0.274 bits per heavy atom. The molecule has 0 aliphatic carbocycles. The van der Waals surface area contributed by atoms with E-state index in [9.17, 15) is 0 Å². The van der Waals surface area contributed by atoms with Crippen molar-refractivity contribution in [2.24, 2.45) is 9.98 Å². The Morgan fingerprint density at radius 2 is 0.479 bits per heavy atom. The fourth-order valence-corrected chi connectivity index (χ4v) is 10.3. The van der Waals surface area contributed by atoms with Crippen molar-refractivity contribution in [1.29, 1.82) is 0 Å². The van der Waals surface area contributed by atoms with Crippen molar-refractivity contribution in [2.75, 3.05) is 0 Å². The molecular formula is C70H116N2Ni. The number of hydrogen-bond donors (Lipinski definition) is 0. The molecule has 416 valence electrons. The molecule has 0 atom stereocenters. The molecule has 73 heavy (non-hydrogen) atoms. The molecule has 0 heterocycles. The maximum atomic E-state index is 4.80. The van der Waals surface area contributed by atoms with E-state index in [1.54, 1.807) is 0 Å². The maximum Gasteiger partial charge on any atom is 0.0662 e. The largest absolute Gasteiger partial charge is 0.255 e. The first kappa shape index (κ1) is 68.4. The van der Waals surface area contributed by atoms with Gasteiger partial charge in [0.1, 0.15) is 0 Å². The smallest absolute Gasteiger partial charge is 0.0662 e. The minimum atomic E-state index is 0. The number of benzene rings is 2. The summed E-state index contributed by atoms with van der Waals surface area (Å²) < 4.78 is 0. The van der Waals surface area contributed by atoms with Gasteiger partial charge in [-0.15, -0.1) is 23.7 Å². The van der Waals surface area contributed by atoms with E-state index in [4.69, 9.17) is 9.98 Å². The minimum absolute atomic E-state index is 0. The molecule has 3 heteroatoms. The molecule has 0 aromatic heterocycles. The Labute approximate surface area is 465 Å². The number of rotatable bonds is 51.